The molecule has 5 heteroatoms. The van der Waals surface area contributed by atoms with Gasteiger partial charge in [0.2, 0.25) is 0 Å². The molecule has 0 saturated carbocycles. The van der Waals surface area contributed by atoms with Crippen molar-refractivity contribution >= 4 is 22.8 Å². The maximum atomic E-state index is 5.69. The predicted molar refractivity (Wildman–Crippen MR) is 66.5 cm³/mol. The Morgan fingerprint density at radius 3 is 1.08 bits per heavy atom. The third kappa shape index (κ3) is 2.33. The molecule has 0 atom stereocenters. The molecule has 0 bridgehead atoms. The van der Waals surface area contributed by atoms with E-state index in [-0.39, 0.29) is 0 Å². The minimum Gasteiger partial charge on any atom is -0.400 e. The minimum atomic E-state index is -1.86. The third-order valence-electron chi connectivity index (χ3n) is 3.79. The van der Waals surface area contributed by atoms with E-state index >= 15 is 0 Å². The van der Waals surface area contributed by atoms with Gasteiger partial charge in [0.15, 0.2) is 0 Å². The van der Waals surface area contributed by atoms with Gasteiger partial charge >= 0.3 is 8.08 Å². The zero-order valence-corrected chi connectivity index (χ0v) is 13.3. The van der Waals surface area contributed by atoms with Gasteiger partial charge in [-0.3, -0.25) is 0 Å². The largest absolute Gasteiger partial charge is 0.400 e. The fourth-order valence-corrected chi connectivity index (χ4v) is 25.1. The van der Waals surface area contributed by atoms with E-state index in [4.69, 9.17) is 8.85 Å². The highest BCUT2D eigenvalue weighted by Crippen LogP contribution is 2.29. The Bertz CT molecular complexity index is 171. The fourth-order valence-electron chi connectivity index (χ4n) is 1.27. The monoisotopic (exact) mass is 236 g/mol. The molecule has 0 aliphatic heterocycles. The highest BCUT2D eigenvalue weighted by molar-refractivity contribution is 7.66. The van der Waals surface area contributed by atoms with E-state index < -0.39 is 22.8 Å². The van der Waals surface area contributed by atoms with Crippen LogP contribution in [0.25, 0.3) is 0 Å². The summed E-state index contributed by atoms with van der Waals surface area (Å²) in [5.41, 5.74) is 0. The number of rotatable bonds is 4. The van der Waals surface area contributed by atoms with E-state index in [1.165, 1.54) is 0 Å². The van der Waals surface area contributed by atoms with Gasteiger partial charge in [-0.25, -0.2) is 0 Å². The van der Waals surface area contributed by atoms with E-state index in [9.17, 15) is 0 Å². The first-order chi connectivity index (χ1) is 5.62. The van der Waals surface area contributed by atoms with Crippen molar-refractivity contribution in [1.82, 2.24) is 0 Å². The van der Waals surface area contributed by atoms with Crippen LogP contribution in [-0.2, 0) is 8.85 Å². The van der Waals surface area contributed by atoms with Crippen molar-refractivity contribution in [3.05, 3.63) is 0 Å². The van der Waals surface area contributed by atoms with Crippen LogP contribution in [0.2, 0.25) is 39.3 Å². The average molecular weight is 237 g/mol. The van der Waals surface area contributed by atoms with E-state index in [0.717, 1.165) is 0 Å². The Labute approximate surface area is 85.5 Å². The molecule has 0 aliphatic carbocycles. The zero-order valence-electron chi connectivity index (χ0n) is 10.3. The van der Waals surface area contributed by atoms with Crippen LogP contribution in [0.1, 0.15) is 0 Å². The topological polar surface area (TPSA) is 18.5 Å². The lowest BCUT2D eigenvalue weighted by molar-refractivity contribution is 0.270. The van der Waals surface area contributed by atoms with Crippen LogP contribution >= 0.6 is 0 Å². The average Bonchev–Trinajstić information content (AvgIpc) is 2.00. The van der Waals surface area contributed by atoms with Crippen molar-refractivity contribution < 1.29 is 8.85 Å². The van der Waals surface area contributed by atoms with Crippen LogP contribution in [0.3, 0.4) is 0 Å². The van der Waals surface area contributed by atoms with Gasteiger partial charge < -0.3 is 8.85 Å². The van der Waals surface area contributed by atoms with E-state index in [1.54, 1.807) is 0 Å². The molecule has 0 fully saturated rings. The minimum absolute atomic E-state index is 1.11. The summed E-state index contributed by atoms with van der Waals surface area (Å²) in [6, 6.07) is 0. The van der Waals surface area contributed by atoms with Crippen LogP contribution in [0.5, 0.6) is 0 Å². The first-order valence-corrected chi connectivity index (χ1v) is 15.5. The van der Waals surface area contributed by atoms with E-state index in [2.05, 4.69) is 39.3 Å². The van der Waals surface area contributed by atoms with E-state index in [0.29, 0.717) is 0 Å². The highest BCUT2D eigenvalue weighted by atomic mass is 29.7. The Kier molecular flexibility index (Phi) is 4.15. The normalized spacial score (nSPS) is 14.8. The van der Waals surface area contributed by atoms with Crippen molar-refractivity contribution in [2.75, 3.05) is 14.2 Å². The second-order valence-corrected chi connectivity index (χ2v) is 31.9. The first-order valence-electron chi connectivity index (χ1n) is 4.72. The summed E-state index contributed by atoms with van der Waals surface area (Å²) >= 11 is 0. The zero-order chi connectivity index (χ0) is 10.9. The van der Waals surface area contributed by atoms with Gasteiger partial charge in [0.25, 0.3) is 0 Å². The van der Waals surface area contributed by atoms with E-state index in [1.807, 2.05) is 14.2 Å². The third-order valence-corrected chi connectivity index (χ3v) is 41.5. The molecule has 0 aliphatic rings. The van der Waals surface area contributed by atoms with Crippen molar-refractivity contribution in [2.45, 2.75) is 39.3 Å². The second kappa shape index (κ2) is 3.98. The van der Waals surface area contributed by atoms with Crippen LogP contribution < -0.4 is 0 Å². The standard InChI is InChI=1S/C8H24O2Si3/c1-9-13(8,10-2)12(6,7)11(3,4)5/h1-8H3. The predicted octanol–water partition coefficient (Wildman–Crippen LogP) is 2.55. The van der Waals surface area contributed by atoms with Gasteiger partial charge in [0, 0.05) is 21.8 Å². The highest BCUT2D eigenvalue weighted by Gasteiger charge is 2.55. The molecular weight excluding hydrogens is 212 g/mol. The summed E-state index contributed by atoms with van der Waals surface area (Å²) in [5, 5.41) is 0. The Morgan fingerprint density at radius 1 is 0.692 bits per heavy atom. The summed E-state index contributed by atoms with van der Waals surface area (Å²) in [6.07, 6.45) is 0. The van der Waals surface area contributed by atoms with Gasteiger partial charge in [0.05, 0.1) is 0 Å². The summed E-state index contributed by atoms with van der Waals surface area (Å²) in [6.45, 7) is 14.4. The van der Waals surface area contributed by atoms with Gasteiger partial charge in [-0.15, -0.1) is 0 Å². The Balaban J connectivity index is 5.00. The Morgan fingerprint density at radius 2 is 1.00 bits per heavy atom. The first kappa shape index (κ1) is 13.6. The fraction of sp³-hybridized carbons (Fsp3) is 1.00. The molecule has 13 heavy (non-hydrogen) atoms. The summed E-state index contributed by atoms with van der Waals surface area (Å²) in [5.74, 6) is 0. The molecule has 80 valence electrons. The smallest absolute Gasteiger partial charge is 0.309 e. The lowest BCUT2D eigenvalue weighted by Gasteiger charge is -2.44. The summed E-state index contributed by atoms with van der Waals surface area (Å²) < 4.78 is 11.4. The molecule has 0 saturated heterocycles. The summed E-state index contributed by atoms with van der Waals surface area (Å²) in [7, 11) is -0.676. The van der Waals surface area contributed by atoms with Crippen LogP contribution in [0.15, 0.2) is 0 Å². The second-order valence-electron chi connectivity index (χ2n) is 5.23. The van der Waals surface area contributed by atoms with Crippen LogP contribution in [-0.4, -0.2) is 37.0 Å². The van der Waals surface area contributed by atoms with Crippen LogP contribution in [0, 0.1) is 0 Å². The quantitative estimate of drug-likeness (QED) is 0.699. The Hall–Kier alpha value is 0.571. The van der Waals surface area contributed by atoms with Crippen molar-refractivity contribution in [2.24, 2.45) is 0 Å². The van der Waals surface area contributed by atoms with Gasteiger partial charge in [-0.05, 0) is 6.55 Å². The maximum absolute atomic E-state index is 5.69. The number of hydrogen-bond donors (Lipinski definition) is 0. The molecule has 0 spiro atoms. The molecule has 0 N–H and O–H groups in total. The van der Waals surface area contributed by atoms with Gasteiger partial charge in [-0.2, -0.15) is 0 Å². The van der Waals surface area contributed by atoms with Crippen molar-refractivity contribution in [1.29, 1.82) is 0 Å². The summed E-state index contributed by atoms with van der Waals surface area (Å²) in [4.78, 5) is 0. The lowest BCUT2D eigenvalue weighted by Crippen LogP contribution is -2.72. The SMILES string of the molecule is CO[Si](C)(OC)[Si](C)(C)[Si](C)(C)C. The molecule has 0 unspecified atom stereocenters. The molecule has 0 amide bonds. The maximum Gasteiger partial charge on any atom is 0.309 e. The van der Waals surface area contributed by atoms with Crippen LogP contribution in [0.4, 0.5) is 0 Å². The van der Waals surface area contributed by atoms with Gasteiger partial charge in [0.1, 0.15) is 7.11 Å². The molecule has 0 aromatic carbocycles. The molecule has 0 aromatic rings. The van der Waals surface area contributed by atoms with Crippen molar-refractivity contribution in [3.8, 4) is 0 Å². The number of hydrogen-bond acceptors (Lipinski definition) is 2. The van der Waals surface area contributed by atoms with Crippen molar-refractivity contribution in [3.63, 3.8) is 0 Å². The molecule has 0 heterocycles. The molecular formula is C8H24O2Si3. The molecule has 0 rings (SSSR count). The molecule has 0 aromatic heterocycles. The molecule has 0 radical (unpaired) electrons. The molecule has 2 nitrogen and oxygen atoms in total. The van der Waals surface area contributed by atoms with Gasteiger partial charge in [-0.1, -0.05) is 32.7 Å². The lowest BCUT2D eigenvalue weighted by atomic mass is 11.8.